The second kappa shape index (κ2) is 5.55. The van der Waals surface area contributed by atoms with Crippen molar-refractivity contribution in [2.24, 2.45) is 0 Å². The van der Waals surface area contributed by atoms with Gasteiger partial charge in [-0.2, -0.15) is 0 Å². The molecule has 3 atom stereocenters. The molecule has 1 unspecified atom stereocenters. The Kier molecular flexibility index (Phi) is 3.82. The molecule has 2 heterocycles. The van der Waals surface area contributed by atoms with Gasteiger partial charge in [-0.1, -0.05) is 30.3 Å². The van der Waals surface area contributed by atoms with E-state index in [-0.39, 0.29) is 30.1 Å². The molecular weight excluding hydrogens is 292 g/mol. The number of likely N-dealkylation sites (tertiary alicyclic amines) is 2. The van der Waals surface area contributed by atoms with E-state index in [1.807, 2.05) is 62.9 Å². The highest BCUT2D eigenvalue weighted by atomic mass is 16.6. The third kappa shape index (κ3) is 2.80. The SMILES string of the molecule is CC(c1ccccc1)N1C(=O)[C@@H]2[C@H]1CCN2C(=O)OC(C)(C)C. The summed E-state index contributed by atoms with van der Waals surface area (Å²) in [4.78, 5) is 28.4. The van der Waals surface area contributed by atoms with Gasteiger partial charge in [-0.25, -0.2) is 4.79 Å². The van der Waals surface area contributed by atoms with Gasteiger partial charge < -0.3 is 9.64 Å². The van der Waals surface area contributed by atoms with Gasteiger partial charge in [-0.3, -0.25) is 9.69 Å². The zero-order chi connectivity index (χ0) is 16.8. The molecule has 0 radical (unpaired) electrons. The number of nitrogens with zero attached hydrogens (tertiary/aromatic N) is 2. The van der Waals surface area contributed by atoms with E-state index in [2.05, 4.69) is 0 Å². The van der Waals surface area contributed by atoms with Crippen LogP contribution in [0.4, 0.5) is 4.79 Å². The highest BCUT2D eigenvalue weighted by Gasteiger charge is 2.57. The van der Waals surface area contributed by atoms with Crippen molar-refractivity contribution < 1.29 is 14.3 Å². The Labute approximate surface area is 137 Å². The van der Waals surface area contributed by atoms with Crippen molar-refractivity contribution in [3.8, 4) is 0 Å². The van der Waals surface area contributed by atoms with Crippen molar-refractivity contribution in [1.82, 2.24) is 9.80 Å². The zero-order valence-electron chi connectivity index (χ0n) is 14.2. The van der Waals surface area contributed by atoms with Crippen molar-refractivity contribution in [1.29, 1.82) is 0 Å². The molecule has 5 nitrogen and oxygen atoms in total. The van der Waals surface area contributed by atoms with Crippen LogP contribution in [-0.2, 0) is 9.53 Å². The van der Waals surface area contributed by atoms with E-state index in [1.165, 1.54) is 0 Å². The number of benzene rings is 1. The fourth-order valence-electron chi connectivity index (χ4n) is 3.49. The van der Waals surface area contributed by atoms with Crippen LogP contribution in [-0.4, -0.2) is 46.0 Å². The summed E-state index contributed by atoms with van der Waals surface area (Å²) < 4.78 is 5.42. The van der Waals surface area contributed by atoms with Crippen LogP contribution >= 0.6 is 0 Å². The van der Waals surface area contributed by atoms with Crippen LogP contribution in [0, 0.1) is 0 Å². The van der Waals surface area contributed by atoms with Gasteiger partial charge in [0.15, 0.2) is 0 Å². The van der Waals surface area contributed by atoms with E-state index >= 15 is 0 Å². The number of hydrogen-bond acceptors (Lipinski definition) is 3. The van der Waals surface area contributed by atoms with Crippen molar-refractivity contribution in [3.05, 3.63) is 35.9 Å². The summed E-state index contributed by atoms with van der Waals surface area (Å²) in [5.41, 5.74) is 0.578. The summed E-state index contributed by atoms with van der Waals surface area (Å²) in [7, 11) is 0. The lowest BCUT2D eigenvalue weighted by Gasteiger charge is -2.48. The molecule has 3 rings (SSSR count). The summed E-state index contributed by atoms with van der Waals surface area (Å²) in [6.07, 6.45) is 0.428. The van der Waals surface area contributed by atoms with Gasteiger partial charge in [0.2, 0.25) is 5.91 Å². The molecule has 2 amide bonds. The van der Waals surface area contributed by atoms with Gasteiger partial charge in [0.05, 0.1) is 12.1 Å². The minimum absolute atomic E-state index is 0.0229. The molecule has 2 fully saturated rings. The maximum Gasteiger partial charge on any atom is 0.411 e. The van der Waals surface area contributed by atoms with Crippen molar-refractivity contribution >= 4 is 12.0 Å². The van der Waals surface area contributed by atoms with Gasteiger partial charge in [-0.15, -0.1) is 0 Å². The highest BCUT2D eigenvalue weighted by Crippen LogP contribution is 2.40. The molecule has 5 heteroatoms. The molecule has 2 aliphatic heterocycles. The average Bonchev–Trinajstić information content (AvgIpc) is 2.86. The minimum Gasteiger partial charge on any atom is -0.444 e. The second-order valence-corrected chi connectivity index (χ2v) is 7.31. The van der Waals surface area contributed by atoms with Crippen molar-refractivity contribution in [3.63, 3.8) is 0 Å². The average molecular weight is 316 g/mol. The van der Waals surface area contributed by atoms with Crippen LogP contribution in [0.2, 0.25) is 0 Å². The maximum atomic E-state index is 12.6. The van der Waals surface area contributed by atoms with Gasteiger partial charge in [0.1, 0.15) is 11.6 Å². The first-order valence-corrected chi connectivity index (χ1v) is 8.16. The molecule has 0 bridgehead atoms. The van der Waals surface area contributed by atoms with Crippen molar-refractivity contribution in [2.45, 2.75) is 57.8 Å². The van der Waals surface area contributed by atoms with Crippen LogP contribution in [0.5, 0.6) is 0 Å². The van der Waals surface area contributed by atoms with Gasteiger partial charge >= 0.3 is 6.09 Å². The van der Waals surface area contributed by atoms with Crippen molar-refractivity contribution in [2.75, 3.05) is 6.54 Å². The van der Waals surface area contributed by atoms with E-state index in [9.17, 15) is 9.59 Å². The smallest absolute Gasteiger partial charge is 0.411 e. The Hall–Kier alpha value is -2.04. The van der Waals surface area contributed by atoms with Crippen LogP contribution in [0.15, 0.2) is 30.3 Å². The number of amides is 2. The number of carbonyl (C=O) groups excluding carboxylic acids is 2. The number of fused-ring (bicyclic) bond motifs is 1. The Balaban J connectivity index is 1.71. The summed E-state index contributed by atoms with van der Waals surface area (Å²) in [6.45, 7) is 8.13. The molecular formula is C18H24N2O3. The topological polar surface area (TPSA) is 49.9 Å². The third-order valence-corrected chi connectivity index (χ3v) is 4.56. The Morgan fingerprint density at radius 1 is 1.26 bits per heavy atom. The van der Waals surface area contributed by atoms with Crippen LogP contribution < -0.4 is 0 Å². The first-order chi connectivity index (χ1) is 10.8. The largest absolute Gasteiger partial charge is 0.444 e. The molecule has 0 aliphatic carbocycles. The lowest BCUT2D eigenvalue weighted by molar-refractivity contribution is -0.157. The molecule has 0 saturated carbocycles. The lowest BCUT2D eigenvalue weighted by Crippen LogP contribution is -2.67. The van der Waals surface area contributed by atoms with E-state index in [0.29, 0.717) is 6.54 Å². The fourth-order valence-corrected chi connectivity index (χ4v) is 3.49. The number of ether oxygens (including phenoxy) is 1. The van der Waals surface area contributed by atoms with Crippen LogP contribution in [0.25, 0.3) is 0 Å². The molecule has 1 aromatic rings. The molecule has 0 N–H and O–H groups in total. The molecule has 2 saturated heterocycles. The lowest BCUT2D eigenvalue weighted by atomic mass is 9.91. The van der Waals surface area contributed by atoms with Gasteiger partial charge in [-0.05, 0) is 39.7 Å². The number of β-lactam (4-membered cyclic amide) rings is 1. The summed E-state index contributed by atoms with van der Waals surface area (Å²) in [5, 5.41) is 0. The minimum atomic E-state index is -0.543. The second-order valence-electron chi connectivity index (χ2n) is 7.31. The Bertz CT molecular complexity index is 608. The Morgan fingerprint density at radius 3 is 2.52 bits per heavy atom. The number of hydrogen-bond donors (Lipinski definition) is 0. The van der Waals surface area contributed by atoms with Crippen LogP contribution in [0.1, 0.15) is 45.7 Å². The van der Waals surface area contributed by atoms with Gasteiger partial charge in [0, 0.05) is 6.54 Å². The number of carbonyl (C=O) groups is 2. The van der Waals surface area contributed by atoms with E-state index < -0.39 is 5.60 Å². The predicted octanol–water partition coefficient (Wildman–Crippen LogP) is 2.97. The van der Waals surface area contributed by atoms with Crippen LogP contribution in [0.3, 0.4) is 0 Å². The predicted molar refractivity (Wildman–Crippen MR) is 86.8 cm³/mol. The monoisotopic (exact) mass is 316 g/mol. The summed E-state index contributed by atoms with van der Waals surface area (Å²) in [5.74, 6) is 0.0229. The number of rotatable bonds is 2. The first-order valence-electron chi connectivity index (χ1n) is 8.16. The molecule has 124 valence electrons. The van der Waals surface area contributed by atoms with Gasteiger partial charge in [0.25, 0.3) is 0 Å². The van der Waals surface area contributed by atoms with E-state index in [1.54, 1.807) is 4.90 Å². The van der Waals surface area contributed by atoms with E-state index in [0.717, 1.165) is 12.0 Å². The fraction of sp³-hybridized carbons (Fsp3) is 0.556. The molecule has 2 aliphatic rings. The van der Waals surface area contributed by atoms with E-state index in [4.69, 9.17) is 4.74 Å². The zero-order valence-corrected chi connectivity index (χ0v) is 14.2. The molecule has 23 heavy (non-hydrogen) atoms. The first kappa shape index (κ1) is 15.8. The molecule has 0 aromatic heterocycles. The quantitative estimate of drug-likeness (QED) is 0.788. The molecule has 1 aromatic carbocycles. The normalized spacial score (nSPS) is 25.0. The highest BCUT2D eigenvalue weighted by molar-refractivity contribution is 5.93. The Morgan fingerprint density at radius 2 is 1.91 bits per heavy atom. The maximum absolute atomic E-state index is 12.6. The summed E-state index contributed by atoms with van der Waals surface area (Å²) >= 11 is 0. The molecule has 0 spiro atoms. The third-order valence-electron chi connectivity index (χ3n) is 4.56. The standard InChI is InChI=1S/C18H24N2O3/c1-12(13-8-6-5-7-9-13)20-14-10-11-19(15(14)16(20)21)17(22)23-18(2,3)4/h5-9,12,14-15H,10-11H2,1-4H3/t12?,14-,15+/m1/s1. The summed E-state index contributed by atoms with van der Waals surface area (Å²) in [6, 6.07) is 9.78.